The van der Waals surface area contributed by atoms with Crippen LogP contribution in [0.2, 0.25) is 0 Å². The number of anilines is 1. The quantitative estimate of drug-likeness (QED) is 0.835. The van der Waals surface area contributed by atoms with Gasteiger partial charge >= 0.3 is 6.03 Å². The number of nitrogens with one attached hydrogen (secondary N) is 2. The molecule has 7 heteroatoms. The molecule has 1 atom stereocenters. The predicted octanol–water partition coefficient (Wildman–Crippen LogP) is 2.83. The monoisotopic (exact) mass is 352 g/mol. The van der Waals surface area contributed by atoms with Crippen LogP contribution < -0.4 is 10.6 Å². The Morgan fingerprint density at radius 2 is 2.27 bits per heavy atom. The molecule has 1 fully saturated rings. The van der Waals surface area contributed by atoms with E-state index in [1.165, 1.54) is 4.90 Å². The highest BCUT2D eigenvalue weighted by molar-refractivity contribution is 5.89. The fourth-order valence-electron chi connectivity index (χ4n) is 2.94. The molecule has 1 saturated heterocycles. The van der Waals surface area contributed by atoms with E-state index in [1.54, 1.807) is 24.5 Å². The average Bonchev–Trinajstić information content (AvgIpc) is 3.30. The molecule has 1 aromatic carbocycles. The summed E-state index contributed by atoms with van der Waals surface area (Å²) >= 11 is 0. The van der Waals surface area contributed by atoms with Crippen LogP contribution in [0, 0.1) is 11.3 Å². The molecular formula is C19H20N4O3. The van der Waals surface area contributed by atoms with Crippen LogP contribution in [0.1, 0.15) is 30.1 Å². The summed E-state index contributed by atoms with van der Waals surface area (Å²) in [6, 6.07) is 12.8. The van der Waals surface area contributed by atoms with E-state index in [0.717, 1.165) is 5.56 Å². The number of benzene rings is 1. The van der Waals surface area contributed by atoms with Gasteiger partial charge in [-0.2, -0.15) is 5.26 Å². The van der Waals surface area contributed by atoms with Crippen molar-refractivity contribution in [3.05, 3.63) is 54.0 Å². The minimum Gasteiger partial charge on any atom is -0.467 e. The zero-order chi connectivity index (χ0) is 18.4. The number of carbonyl (C=O) groups is 2. The van der Waals surface area contributed by atoms with Crippen LogP contribution in [0.4, 0.5) is 10.5 Å². The number of urea groups is 1. The molecule has 1 aromatic heterocycles. The molecule has 7 nitrogen and oxygen atoms in total. The molecule has 0 spiro atoms. The Balaban J connectivity index is 1.68. The molecule has 3 amide bonds. The lowest BCUT2D eigenvalue weighted by Crippen LogP contribution is -2.35. The van der Waals surface area contributed by atoms with Gasteiger partial charge in [-0.1, -0.05) is 12.1 Å². The fraction of sp³-hybridized carbons (Fsp3) is 0.316. The maximum Gasteiger partial charge on any atom is 0.322 e. The first-order valence-corrected chi connectivity index (χ1v) is 8.47. The highest BCUT2D eigenvalue weighted by Crippen LogP contribution is 2.25. The molecule has 134 valence electrons. The number of nitriles is 1. The molecule has 1 unspecified atom stereocenters. The Hall–Kier alpha value is -3.27. The third-order valence-electron chi connectivity index (χ3n) is 4.29. The lowest BCUT2D eigenvalue weighted by Gasteiger charge is -2.21. The van der Waals surface area contributed by atoms with E-state index >= 15 is 0 Å². The zero-order valence-electron chi connectivity index (χ0n) is 14.3. The Kier molecular flexibility index (Phi) is 5.54. The summed E-state index contributed by atoms with van der Waals surface area (Å²) in [7, 11) is 0. The van der Waals surface area contributed by atoms with Gasteiger partial charge in [0.2, 0.25) is 5.91 Å². The molecule has 2 N–H and O–H groups in total. The van der Waals surface area contributed by atoms with Crippen molar-refractivity contribution >= 4 is 17.6 Å². The number of carbonyl (C=O) groups excluding carboxylic acids is 2. The van der Waals surface area contributed by atoms with Gasteiger partial charge in [-0.25, -0.2) is 4.79 Å². The third kappa shape index (κ3) is 4.42. The van der Waals surface area contributed by atoms with E-state index in [2.05, 4.69) is 16.7 Å². The van der Waals surface area contributed by atoms with E-state index in [9.17, 15) is 9.59 Å². The van der Waals surface area contributed by atoms with Crippen LogP contribution in [-0.4, -0.2) is 29.9 Å². The minimum absolute atomic E-state index is 0.0468. The summed E-state index contributed by atoms with van der Waals surface area (Å²) in [6.45, 7) is 1.22. The first-order valence-electron chi connectivity index (χ1n) is 8.47. The molecular weight excluding hydrogens is 332 g/mol. The number of hydrogen-bond donors (Lipinski definition) is 2. The van der Waals surface area contributed by atoms with Gasteiger partial charge < -0.3 is 20.0 Å². The van der Waals surface area contributed by atoms with Gasteiger partial charge in [0, 0.05) is 31.1 Å². The van der Waals surface area contributed by atoms with Gasteiger partial charge in [-0.3, -0.25) is 4.79 Å². The van der Waals surface area contributed by atoms with Crippen LogP contribution in [-0.2, 0) is 11.3 Å². The van der Waals surface area contributed by atoms with Crippen molar-refractivity contribution < 1.29 is 14.0 Å². The first-order chi connectivity index (χ1) is 12.7. The third-order valence-corrected chi connectivity index (χ3v) is 4.29. The summed E-state index contributed by atoms with van der Waals surface area (Å²) in [6.07, 6.45) is 2.25. The summed E-state index contributed by atoms with van der Waals surface area (Å²) in [5.74, 6) is 0.824. The van der Waals surface area contributed by atoms with Crippen molar-refractivity contribution in [3.8, 4) is 6.07 Å². The second-order valence-electron chi connectivity index (χ2n) is 6.17. The molecule has 26 heavy (non-hydrogen) atoms. The number of nitrogens with zero attached hydrogens (tertiary/aromatic N) is 2. The van der Waals surface area contributed by atoms with Crippen molar-refractivity contribution in [1.29, 1.82) is 5.26 Å². The van der Waals surface area contributed by atoms with Crippen LogP contribution in [0.25, 0.3) is 0 Å². The predicted molar refractivity (Wildman–Crippen MR) is 95.2 cm³/mol. The SMILES string of the molecule is N#CCCN(Cc1ccco1)C(=O)Nc1cccc(C2CNC(=O)C2)c1. The van der Waals surface area contributed by atoms with Crippen molar-refractivity contribution in [2.45, 2.75) is 25.3 Å². The van der Waals surface area contributed by atoms with Gasteiger partial charge in [-0.05, 0) is 29.8 Å². The van der Waals surface area contributed by atoms with Gasteiger partial charge in [0.05, 0.1) is 25.3 Å². The second kappa shape index (κ2) is 8.21. The Morgan fingerprint density at radius 1 is 1.38 bits per heavy atom. The lowest BCUT2D eigenvalue weighted by atomic mass is 9.98. The smallest absolute Gasteiger partial charge is 0.322 e. The fourth-order valence-corrected chi connectivity index (χ4v) is 2.94. The maximum absolute atomic E-state index is 12.6. The molecule has 1 aliphatic heterocycles. The summed E-state index contributed by atoms with van der Waals surface area (Å²) in [4.78, 5) is 25.6. The molecule has 0 bridgehead atoms. The van der Waals surface area contributed by atoms with Crippen LogP contribution >= 0.6 is 0 Å². The normalized spacial score (nSPS) is 16.0. The van der Waals surface area contributed by atoms with E-state index < -0.39 is 0 Å². The molecule has 0 aliphatic carbocycles. The summed E-state index contributed by atoms with van der Waals surface area (Å²) in [5, 5.41) is 14.5. The standard InChI is InChI=1S/C19H20N4O3/c20-7-3-8-23(13-17-6-2-9-26-17)19(25)22-16-5-1-4-14(10-16)15-11-18(24)21-12-15/h1-2,4-6,9-10,15H,3,8,11-13H2,(H,21,24)(H,22,25). The Morgan fingerprint density at radius 3 is 2.96 bits per heavy atom. The molecule has 2 aromatic rings. The van der Waals surface area contributed by atoms with Gasteiger partial charge in [0.15, 0.2) is 0 Å². The van der Waals surface area contributed by atoms with E-state index in [1.807, 2.05) is 18.2 Å². The van der Waals surface area contributed by atoms with Crippen molar-refractivity contribution in [2.75, 3.05) is 18.4 Å². The summed E-state index contributed by atoms with van der Waals surface area (Å²) < 4.78 is 5.30. The molecule has 0 radical (unpaired) electrons. The minimum atomic E-state index is -0.297. The number of amides is 3. The Labute approximate surface area is 151 Å². The van der Waals surface area contributed by atoms with Gasteiger partial charge in [-0.15, -0.1) is 0 Å². The highest BCUT2D eigenvalue weighted by atomic mass is 16.3. The number of hydrogen-bond acceptors (Lipinski definition) is 4. The molecule has 3 rings (SSSR count). The van der Waals surface area contributed by atoms with Crippen molar-refractivity contribution in [2.24, 2.45) is 0 Å². The van der Waals surface area contributed by atoms with E-state index in [-0.39, 0.29) is 24.3 Å². The van der Waals surface area contributed by atoms with Crippen molar-refractivity contribution in [1.82, 2.24) is 10.2 Å². The van der Waals surface area contributed by atoms with Crippen LogP contribution in [0.5, 0.6) is 0 Å². The second-order valence-corrected chi connectivity index (χ2v) is 6.17. The van der Waals surface area contributed by atoms with Crippen molar-refractivity contribution in [3.63, 3.8) is 0 Å². The van der Waals surface area contributed by atoms with E-state index in [4.69, 9.17) is 9.68 Å². The van der Waals surface area contributed by atoms with Gasteiger partial charge in [0.1, 0.15) is 5.76 Å². The molecule has 1 aliphatic rings. The van der Waals surface area contributed by atoms with Gasteiger partial charge in [0.25, 0.3) is 0 Å². The molecule has 2 heterocycles. The zero-order valence-corrected chi connectivity index (χ0v) is 14.3. The topological polar surface area (TPSA) is 98.4 Å². The maximum atomic E-state index is 12.6. The first kappa shape index (κ1) is 17.5. The largest absolute Gasteiger partial charge is 0.467 e. The summed E-state index contributed by atoms with van der Waals surface area (Å²) in [5.41, 5.74) is 1.67. The highest BCUT2D eigenvalue weighted by Gasteiger charge is 2.23. The van der Waals surface area contributed by atoms with Crippen LogP contribution in [0.3, 0.4) is 0 Å². The van der Waals surface area contributed by atoms with E-state index in [0.29, 0.717) is 37.5 Å². The average molecular weight is 352 g/mol. The lowest BCUT2D eigenvalue weighted by molar-refractivity contribution is -0.119. The van der Waals surface area contributed by atoms with Crippen LogP contribution in [0.15, 0.2) is 47.1 Å². The number of furan rings is 1. The molecule has 0 saturated carbocycles. The Bertz CT molecular complexity index is 810. The number of rotatable bonds is 6.